The van der Waals surface area contributed by atoms with Crippen LogP contribution in [0, 0.1) is 6.92 Å². The molecule has 0 atom stereocenters. The van der Waals surface area contributed by atoms with E-state index in [4.69, 9.17) is 4.74 Å². The predicted molar refractivity (Wildman–Crippen MR) is 129 cm³/mol. The highest BCUT2D eigenvalue weighted by Crippen LogP contribution is 2.37. The van der Waals surface area contributed by atoms with Crippen LogP contribution in [0.1, 0.15) is 14.7 Å². The highest BCUT2D eigenvalue weighted by Gasteiger charge is 2.19. The van der Waals surface area contributed by atoms with Crippen LogP contribution < -0.4 is 10.1 Å². The molecule has 3 aromatic heterocycles. The van der Waals surface area contributed by atoms with E-state index >= 15 is 0 Å². The largest absolute Gasteiger partial charge is 0.494 e. The fourth-order valence-electron chi connectivity index (χ4n) is 3.69. The number of benzene rings is 2. The first-order valence-electron chi connectivity index (χ1n) is 10.2. The quantitative estimate of drug-likeness (QED) is 0.411. The SMILES string of the molecule is COc1cc2ncnc(-c3cn(C)nc3-c3ccccc3)c2cc1NC(=O)c1cnc(C)s1. The van der Waals surface area contributed by atoms with Gasteiger partial charge in [-0.15, -0.1) is 11.3 Å². The summed E-state index contributed by atoms with van der Waals surface area (Å²) in [6.07, 6.45) is 5.03. The van der Waals surface area contributed by atoms with Crippen LogP contribution in [-0.4, -0.2) is 37.7 Å². The summed E-state index contributed by atoms with van der Waals surface area (Å²) in [6, 6.07) is 13.6. The highest BCUT2D eigenvalue weighted by molar-refractivity contribution is 7.13. The first-order chi connectivity index (χ1) is 16.0. The Balaban J connectivity index is 1.65. The maximum Gasteiger partial charge on any atom is 0.267 e. The number of carbonyl (C=O) groups is 1. The third-order valence-corrected chi connectivity index (χ3v) is 6.09. The van der Waals surface area contributed by atoms with E-state index in [2.05, 4.69) is 25.4 Å². The summed E-state index contributed by atoms with van der Waals surface area (Å²) in [7, 11) is 3.44. The average molecular weight is 457 g/mol. The van der Waals surface area contributed by atoms with E-state index in [-0.39, 0.29) is 5.91 Å². The number of anilines is 1. The number of ether oxygens (including phenoxy) is 1. The van der Waals surface area contributed by atoms with Crippen LogP contribution in [0.2, 0.25) is 0 Å². The monoisotopic (exact) mass is 456 g/mol. The molecular weight excluding hydrogens is 436 g/mol. The fraction of sp³-hybridized carbons (Fsp3) is 0.125. The molecule has 2 aromatic carbocycles. The number of aromatic nitrogens is 5. The number of fused-ring (bicyclic) bond motifs is 1. The van der Waals surface area contributed by atoms with Crippen LogP contribution in [0.4, 0.5) is 5.69 Å². The molecule has 0 bridgehead atoms. The van der Waals surface area contributed by atoms with Gasteiger partial charge in [0.2, 0.25) is 0 Å². The van der Waals surface area contributed by atoms with Crippen molar-refractivity contribution >= 4 is 33.8 Å². The zero-order chi connectivity index (χ0) is 22.9. The molecule has 0 spiro atoms. The third-order valence-electron chi connectivity index (χ3n) is 5.18. The van der Waals surface area contributed by atoms with E-state index in [0.717, 1.165) is 32.9 Å². The highest BCUT2D eigenvalue weighted by atomic mass is 32.1. The van der Waals surface area contributed by atoms with Crippen molar-refractivity contribution in [3.8, 4) is 28.3 Å². The van der Waals surface area contributed by atoms with Gasteiger partial charge in [-0.25, -0.2) is 15.0 Å². The summed E-state index contributed by atoms with van der Waals surface area (Å²) in [5, 5.41) is 9.21. The summed E-state index contributed by atoms with van der Waals surface area (Å²) in [6.45, 7) is 1.86. The number of thiazole rings is 1. The van der Waals surface area contributed by atoms with Crippen LogP contribution in [0.5, 0.6) is 5.75 Å². The molecule has 164 valence electrons. The molecule has 5 aromatic rings. The van der Waals surface area contributed by atoms with Gasteiger partial charge in [0.05, 0.1) is 35.2 Å². The molecule has 0 aliphatic rings. The normalized spacial score (nSPS) is 11.0. The molecule has 1 amide bonds. The summed E-state index contributed by atoms with van der Waals surface area (Å²) >= 11 is 1.33. The van der Waals surface area contributed by atoms with Crippen molar-refractivity contribution in [3.05, 3.63) is 71.1 Å². The van der Waals surface area contributed by atoms with Crippen LogP contribution in [-0.2, 0) is 7.05 Å². The van der Waals surface area contributed by atoms with Crippen molar-refractivity contribution in [2.24, 2.45) is 7.05 Å². The van der Waals surface area contributed by atoms with Gasteiger partial charge in [-0.3, -0.25) is 9.48 Å². The molecular formula is C24H20N6O2S. The number of hydrogen-bond donors (Lipinski definition) is 1. The molecule has 0 aliphatic carbocycles. The van der Waals surface area contributed by atoms with Gasteiger partial charge in [-0.1, -0.05) is 30.3 Å². The smallest absolute Gasteiger partial charge is 0.267 e. The summed E-state index contributed by atoms with van der Waals surface area (Å²) in [5.41, 5.74) is 4.63. The predicted octanol–water partition coefficient (Wildman–Crippen LogP) is 4.72. The van der Waals surface area contributed by atoms with Crippen molar-refractivity contribution < 1.29 is 9.53 Å². The molecule has 0 fully saturated rings. The van der Waals surface area contributed by atoms with Crippen molar-refractivity contribution in [1.29, 1.82) is 0 Å². The minimum absolute atomic E-state index is 0.247. The minimum atomic E-state index is -0.247. The maximum atomic E-state index is 12.8. The fourth-order valence-corrected chi connectivity index (χ4v) is 4.36. The second kappa shape index (κ2) is 8.44. The Hall–Kier alpha value is -4.11. The lowest BCUT2D eigenvalue weighted by molar-refractivity contribution is 0.103. The van der Waals surface area contributed by atoms with Gasteiger partial charge in [0.25, 0.3) is 5.91 Å². The number of nitrogens with zero attached hydrogens (tertiary/aromatic N) is 5. The summed E-state index contributed by atoms with van der Waals surface area (Å²) < 4.78 is 7.30. The minimum Gasteiger partial charge on any atom is -0.494 e. The molecule has 33 heavy (non-hydrogen) atoms. The third kappa shape index (κ3) is 3.94. The molecule has 0 saturated carbocycles. The van der Waals surface area contributed by atoms with Crippen LogP contribution in [0.3, 0.4) is 0 Å². The Kier molecular flexibility index (Phi) is 5.31. The van der Waals surface area contributed by atoms with Crippen molar-refractivity contribution in [1.82, 2.24) is 24.7 Å². The average Bonchev–Trinajstić information content (AvgIpc) is 3.44. The van der Waals surface area contributed by atoms with Gasteiger partial charge in [0, 0.05) is 35.8 Å². The number of hydrogen-bond acceptors (Lipinski definition) is 7. The molecule has 0 saturated heterocycles. The van der Waals surface area contributed by atoms with Crippen LogP contribution in [0.25, 0.3) is 33.4 Å². The van der Waals surface area contributed by atoms with Gasteiger partial charge in [-0.2, -0.15) is 5.10 Å². The zero-order valence-electron chi connectivity index (χ0n) is 18.2. The number of methoxy groups -OCH3 is 1. The van der Waals surface area contributed by atoms with E-state index in [1.165, 1.54) is 17.7 Å². The van der Waals surface area contributed by atoms with Gasteiger partial charge in [-0.05, 0) is 13.0 Å². The Bertz CT molecular complexity index is 1480. The number of amides is 1. The van der Waals surface area contributed by atoms with E-state index in [0.29, 0.717) is 21.8 Å². The number of carbonyl (C=O) groups excluding carboxylic acids is 1. The lowest BCUT2D eigenvalue weighted by atomic mass is 10.0. The summed E-state index contributed by atoms with van der Waals surface area (Å²) in [4.78, 5) is 26.5. The molecule has 8 nitrogen and oxygen atoms in total. The molecule has 9 heteroatoms. The van der Waals surface area contributed by atoms with Gasteiger partial charge < -0.3 is 10.1 Å². The van der Waals surface area contributed by atoms with Crippen molar-refractivity contribution in [2.45, 2.75) is 6.92 Å². The number of rotatable bonds is 5. The maximum absolute atomic E-state index is 12.8. The lowest BCUT2D eigenvalue weighted by Crippen LogP contribution is -2.11. The molecule has 5 rings (SSSR count). The molecule has 1 N–H and O–H groups in total. The topological polar surface area (TPSA) is 94.8 Å². The van der Waals surface area contributed by atoms with Crippen LogP contribution in [0.15, 0.2) is 61.2 Å². The first kappa shape index (κ1) is 20.8. The molecule has 3 heterocycles. The Morgan fingerprint density at radius 2 is 1.91 bits per heavy atom. The Morgan fingerprint density at radius 3 is 2.64 bits per heavy atom. The van der Waals surface area contributed by atoms with Crippen molar-refractivity contribution in [2.75, 3.05) is 12.4 Å². The second-order valence-corrected chi connectivity index (χ2v) is 8.66. The Morgan fingerprint density at radius 1 is 1.09 bits per heavy atom. The second-order valence-electron chi connectivity index (χ2n) is 7.42. The van der Waals surface area contributed by atoms with Gasteiger partial charge >= 0.3 is 0 Å². The number of aryl methyl sites for hydroxylation is 2. The van der Waals surface area contributed by atoms with E-state index in [1.807, 2.05) is 56.6 Å². The van der Waals surface area contributed by atoms with E-state index < -0.39 is 0 Å². The van der Waals surface area contributed by atoms with E-state index in [9.17, 15) is 4.79 Å². The standard InChI is InChI=1S/C24H20N6O2S/c1-14-25-11-21(33-14)24(31)28-19-9-16-18(10-20(19)32-3)26-13-27-23(16)17-12-30(2)29-22(17)15-7-5-4-6-8-15/h4-13H,1-3H3,(H,28,31). The lowest BCUT2D eigenvalue weighted by Gasteiger charge is -2.13. The summed E-state index contributed by atoms with van der Waals surface area (Å²) in [5.74, 6) is 0.263. The van der Waals surface area contributed by atoms with Gasteiger partial charge in [0.1, 0.15) is 22.6 Å². The number of nitrogens with one attached hydrogen (secondary N) is 1. The van der Waals surface area contributed by atoms with E-state index in [1.54, 1.807) is 24.1 Å². The van der Waals surface area contributed by atoms with Gasteiger partial charge in [0.15, 0.2) is 0 Å². The Labute approximate surface area is 193 Å². The molecule has 0 radical (unpaired) electrons. The zero-order valence-corrected chi connectivity index (χ0v) is 19.1. The van der Waals surface area contributed by atoms with Crippen molar-refractivity contribution in [3.63, 3.8) is 0 Å². The first-order valence-corrected chi connectivity index (χ1v) is 11.0. The molecule has 0 unspecified atom stereocenters. The molecule has 0 aliphatic heterocycles. The van der Waals surface area contributed by atoms with Crippen LogP contribution >= 0.6 is 11.3 Å².